The first kappa shape index (κ1) is 9.20. The molecule has 0 atom stereocenters. The number of aromatic amines is 1. The highest BCUT2D eigenvalue weighted by Gasteiger charge is 2.13. The Kier molecular flexibility index (Phi) is 1.89. The third-order valence-corrected chi connectivity index (χ3v) is 2.07. The zero-order valence-electron chi connectivity index (χ0n) is 7.39. The summed E-state index contributed by atoms with van der Waals surface area (Å²) in [6, 6.07) is 4.29. The Bertz CT molecular complexity index is 603. The van der Waals surface area contributed by atoms with E-state index in [1.165, 1.54) is 18.2 Å². The molecule has 0 spiro atoms. The van der Waals surface area contributed by atoms with Gasteiger partial charge in [0, 0.05) is 5.39 Å². The van der Waals surface area contributed by atoms with Gasteiger partial charge in [0.15, 0.2) is 5.69 Å². The Morgan fingerprint density at radius 3 is 2.67 bits per heavy atom. The van der Waals surface area contributed by atoms with Gasteiger partial charge in [-0.05, 0) is 11.2 Å². The van der Waals surface area contributed by atoms with E-state index < -0.39 is 11.3 Å². The predicted molar refractivity (Wildman–Crippen MR) is 53.4 cm³/mol. The van der Waals surface area contributed by atoms with Crippen molar-refractivity contribution in [1.29, 1.82) is 0 Å². The average Bonchev–Trinajstić information content (AvgIpc) is 2.22. The van der Waals surface area contributed by atoms with Gasteiger partial charge >= 0.3 is 0 Å². The van der Waals surface area contributed by atoms with E-state index in [4.69, 9.17) is 0 Å². The number of hydrogen-bond acceptors (Lipinski definition) is 5. The fourth-order valence-electron chi connectivity index (χ4n) is 1.37. The van der Waals surface area contributed by atoms with Crippen LogP contribution in [0.1, 0.15) is 0 Å². The highest BCUT2D eigenvalue weighted by molar-refractivity contribution is 5.95. The molecule has 0 bridgehead atoms. The van der Waals surface area contributed by atoms with Crippen molar-refractivity contribution in [1.82, 2.24) is 4.98 Å². The summed E-state index contributed by atoms with van der Waals surface area (Å²) >= 11 is 0. The second-order valence-electron chi connectivity index (χ2n) is 2.94. The summed E-state index contributed by atoms with van der Waals surface area (Å²) in [6.45, 7) is 0. The number of aromatic hydroxyl groups is 2. The molecular formula is C9H6N2O4. The normalized spacial score (nSPS) is 10.4. The topological polar surface area (TPSA) is 103 Å². The summed E-state index contributed by atoms with van der Waals surface area (Å²) in [7, 11) is 0. The van der Waals surface area contributed by atoms with Crippen molar-refractivity contribution in [2.24, 2.45) is 5.18 Å². The third-order valence-electron chi connectivity index (χ3n) is 2.07. The van der Waals surface area contributed by atoms with E-state index in [9.17, 15) is 19.9 Å². The summed E-state index contributed by atoms with van der Waals surface area (Å²) < 4.78 is 0. The summed E-state index contributed by atoms with van der Waals surface area (Å²) in [5.74, 6) is -0.933. The largest absolute Gasteiger partial charge is 0.506 e. The first-order valence-electron chi connectivity index (χ1n) is 4.05. The fourth-order valence-corrected chi connectivity index (χ4v) is 1.37. The van der Waals surface area contributed by atoms with E-state index in [1.54, 1.807) is 0 Å². The number of benzene rings is 1. The molecule has 0 aliphatic rings. The lowest BCUT2D eigenvalue weighted by Gasteiger charge is -2.02. The minimum absolute atomic E-state index is 0.0786. The number of nitrogens with one attached hydrogen (secondary N) is 1. The van der Waals surface area contributed by atoms with Crippen molar-refractivity contribution in [3.8, 4) is 11.5 Å². The number of nitroso groups, excluding NO2 is 1. The van der Waals surface area contributed by atoms with Crippen molar-refractivity contribution in [2.75, 3.05) is 0 Å². The van der Waals surface area contributed by atoms with Gasteiger partial charge in [-0.3, -0.25) is 4.79 Å². The highest BCUT2D eigenvalue weighted by Crippen LogP contribution is 2.33. The monoisotopic (exact) mass is 206 g/mol. The number of fused-ring (bicyclic) bond motifs is 1. The molecule has 0 fully saturated rings. The molecule has 0 saturated heterocycles. The number of phenols is 1. The molecule has 2 aromatic rings. The maximum Gasteiger partial charge on any atom is 0.293 e. The van der Waals surface area contributed by atoms with E-state index in [2.05, 4.69) is 10.2 Å². The van der Waals surface area contributed by atoms with E-state index in [0.717, 1.165) is 0 Å². The number of phenolic OH excluding ortho intramolecular Hbond substituents is 1. The van der Waals surface area contributed by atoms with Gasteiger partial charge in [-0.25, -0.2) is 0 Å². The van der Waals surface area contributed by atoms with E-state index in [1.807, 2.05) is 0 Å². The molecule has 0 aliphatic carbocycles. The van der Waals surface area contributed by atoms with Crippen LogP contribution in [-0.4, -0.2) is 15.2 Å². The van der Waals surface area contributed by atoms with Crippen LogP contribution in [0.4, 0.5) is 5.69 Å². The van der Waals surface area contributed by atoms with Gasteiger partial charge in [-0.1, -0.05) is 12.1 Å². The molecule has 15 heavy (non-hydrogen) atoms. The van der Waals surface area contributed by atoms with Crippen LogP contribution in [0.2, 0.25) is 0 Å². The van der Waals surface area contributed by atoms with Crippen molar-refractivity contribution >= 4 is 16.6 Å². The molecule has 0 amide bonds. The van der Waals surface area contributed by atoms with Crippen molar-refractivity contribution < 1.29 is 10.2 Å². The molecule has 2 rings (SSSR count). The van der Waals surface area contributed by atoms with Crippen LogP contribution < -0.4 is 5.56 Å². The van der Waals surface area contributed by atoms with Gasteiger partial charge in [0.2, 0.25) is 5.75 Å². The Morgan fingerprint density at radius 1 is 1.27 bits per heavy atom. The summed E-state index contributed by atoms with van der Waals surface area (Å²) in [5.41, 5.74) is -1.15. The SMILES string of the molecule is O=Nc1c(O)c(=O)[nH]c2c(O)cccc12. The maximum atomic E-state index is 11.1. The Balaban J connectivity index is 3.07. The highest BCUT2D eigenvalue weighted by atomic mass is 16.3. The molecule has 76 valence electrons. The minimum Gasteiger partial charge on any atom is -0.506 e. The van der Waals surface area contributed by atoms with Crippen LogP contribution in [0.15, 0.2) is 28.2 Å². The molecule has 6 heteroatoms. The van der Waals surface area contributed by atoms with Crippen LogP contribution in [0.3, 0.4) is 0 Å². The average molecular weight is 206 g/mol. The molecule has 1 aromatic carbocycles. The zero-order valence-corrected chi connectivity index (χ0v) is 7.39. The molecule has 6 nitrogen and oxygen atoms in total. The van der Waals surface area contributed by atoms with Crippen LogP contribution in [-0.2, 0) is 0 Å². The van der Waals surface area contributed by atoms with Crippen LogP contribution >= 0.6 is 0 Å². The molecule has 0 radical (unpaired) electrons. The molecule has 0 unspecified atom stereocenters. The van der Waals surface area contributed by atoms with Crippen molar-refractivity contribution in [3.63, 3.8) is 0 Å². The van der Waals surface area contributed by atoms with Gasteiger partial charge in [0.1, 0.15) is 5.75 Å². The molecular weight excluding hydrogens is 200 g/mol. The number of aromatic nitrogens is 1. The number of para-hydroxylation sites is 1. The molecule has 1 heterocycles. The maximum absolute atomic E-state index is 11.1. The molecule has 0 aliphatic heterocycles. The Labute approximate surface area is 82.8 Å². The first-order chi connectivity index (χ1) is 7.15. The first-order valence-corrected chi connectivity index (χ1v) is 4.05. The summed E-state index contributed by atoms with van der Waals surface area (Å²) in [4.78, 5) is 23.9. The standard InChI is InChI=1S/C9H6N2O4/c12-5-3-1-2-4-6(5)10-9(14)8(13)7(4)11-15/h1-3,12-13H,(H,10,14). The van der Waals surface area contributed by atoms with Crippen LogP contribution in [0.25, 0.3) is 10.9 Å². The fraction of sp³-hybridized carbons (Fsp3) is 0. The predicted octanol–water partition coefficient (Wildman–Crippen LogP) is 1.34. The number of hydrogen-bond donors (Lipinski definition) is 3. The second kappa shape index (κ2) is 3.09. The number of pyridine rings is 1. The Morgan fingerprint density at radius 2 is 2.00 bits per heavy atom. The number of nitrogens with zero attached hydrogens (tertiary/aromatic N) is 1. The van der Waals surface area contributed by atoms with E-state index in [0.29, 0.717) is 0 Å². The number of rotatable bonds is 1. The van der Waals surface area contributed by atoms with Crippen LogP contribution in [0.5, 0.6) is 11.5 Å². The molecule has 3 N–H and O–H groups in total. The minimum atomic E-state index is -0.862. The summed E-state index contributed by atoms with van der Waals surface area (Å²) in [5, 5.41) is 21.4. The van der Waals surface area contributed by atoms with Gasteiger partial charge in [0.05, 0.1) is 5.52 Å². The lowest BCUT2D eigenvalue weighted by Crippen LogP contribution is -2.04. The van der Waals surface area contributed by atoms with E-state index in [-0.39, 0.29) is 22.3 Å². The Hall–Kier alpha value is -2.37. The van der Waals surface area contributed by atoms with Gasteiger partial charge in [0.25, 0.3) is 5.56 Å². The molecule has 1 aromatic heterocycles. The van der Waals surface area contributed by atoms with Crippen LogP contribution in [0, 0.1) is 4.91 Å². The van der Waals surface area contributed by atoms with Gasteiger partial charge in [-0.15, -0.1) is 4.91 Å². The zero-order chi connectivity index (χ0) is 11.0. The second-order valence-corrected chi connectivity index (χ2v) is 2.94. The summed E-state index contributed by atoms with van der Waals surface area (Å²) in [6.07, 6.45) is 0. The lowest BCUT2D eigenvalue weighted by atomic mass is 10.1. The smallest absolute Gasteiger partial charge is 0.293 e. The van der Waals surface area contributed by atoms with E-state index >= 15 is 0 Å². The van der Waals surface area contributed by atoms with Gasteiger partial charge < -0.3 is 15.2 Å². The number of H-pyrrole nitrogens is 1. The van der Waals surface area contributed by atoms with Gasteiger partial charge in [-0.2, -0.15) is 0 Å². The van der Waals surface area contributed by atoms with Crippen molar-refractivity contribution in [2.45, 2.75) is 0 Å². The lowest BCUT2D eigenvalue weighted by molar-refractivity contribution is 0.467. The van der Waals surface area contributed by atoms with Crippen molar-refractivity contribution in [3.05, 3.63) is 33.5 Å². The molecule has 0 saturated carbocycles. The third kappa shape index (κ3) is 1.23. The quantitative estimate of drug-likeness (QED) is 0.612.